The third-order valence-electron chi connectivity index (χ3n) is 5.25. The van der Waals surface area contributed by atoms with Gasteiger partial charge in [-0.15, -0.1) is 5.10 Å². The molecule has 3 atom stereocenters. The van der Waals surface area contributed by atoms with Crippen LogP contribution in [0.2, 0.25) is 0 Å². The second-order valence-electron chi connectivity index (χ2n) is 7.30. The molecule has 10 nitrogen and oxygen atoms in total. The van der Waals surface area contributed by atoms with Gasteiger partial charge in [0.05, 0.1) is 31.0 Å². The van der Waals surface area contributed by atoms with Crippen LogP contribution >= 0.6 is 0 Å². The summed E-state index contributed by atoms with van der Waals surface area (Å²) in [5, 5.41) is 27.3. The summed E-state index contributed by atoms with van der Waals surface area (Å²) in [5.74, 6) is 0. The van der Waals surface area contributed by atoms with E-state index in [-0.39, 0.29) is 18.6 Å². The molecule has 3 aromatic rings. The van der Waals surface area contributed by atoms with Crippen LogP contribution in [-0.4, -0.2) is 53.6 Å². The lowest BCUT2D eigenvalue weighted by Crippen LogP contribution is -2.33. The topological polar surface area (TPSA) is 135 Å². The van der Waals surface area contributed by atoms with Gasteiger partial charge in [-0.3, -0.25) is 14.3 Å². The average Bonchev–Trinajstić information content (AvgIpc) is 3.35. The van der Waals surface area contributed by atoms with Crippen molar-refractivity contribution in [2.45, 2.75) is 44.7 Å². The fraction of sp³-hybridized carbons (Fsp3) is 0.400. The van der Waals surface area contributed by atoms with Gasteiger partial charge >= 0.3 is 5.69 Å². The van der Waals surface area contributed by atoms with Crippen LogP contribution in [-0.2, 0) is 17.7 Å². The molecule has 4 rings (SSSR count). The van der Waals surface area contributed by atoms with E-state index < -0.39 is 29.7 Å². The zero-order valence-electron chi connectivity index (χ0n) is 16.4. The van der Waals surface area contributed by atoms with Gasteiger partial charge in [-0.25, -0.2) is 9.48 Å². The maximum absolute atomic E-state index is 12.4. The molecule has 30 heavy (non-hydrogen) atoms. The van der Waals surface area contributed by atoms with Crippen molar-refractivity contribution in [3.05, 3.63) is 68.6 Å². The number of ether oxygens (including phenoxy) is 1. The second-order valence-corrected chi connectivity index (χ2v) is 7.30. The van der Waals surface area contributed by atoms with E-state index in [1.807, 2.05) is 12.1 Å². The Labute approximate surface area is 171 Å². The Morgan fingerprint density at radius 3 is 2.60 bits per heavy atom. The third kappa shape index (κ3) is 3.97. The van der Waals surface area contributed by atoms with Crippen LogP contribution in [0.25, 0.3) is 11.3 Å². The fourth-order valence-corrected chi connectivity index (χ4v) is 3.50. The van der Waals surface area contributed by atoms with Crippen LogP contribution in [0, 0.1) is 0 Å². The zero-order chi connectivity index (χ0) is 21.3. The Balaban J connectivity index is 1.60. The molecule has 0 aliphatic carbocycles. The SMILES string of the molecule is CCc1ccc(Cn2cc(-c3cn([C@@H]4CC(O)[C@H](CO)O4)c(=O)[nH]c3=O)nn2)cc1. The van der Waals surface area contributed by atoms with E-state index in [0.717, 1.165) is 12.0 Å². The van der Waals surface area contributed by atoms with Gasteiger partial charge in [-0.1, -0.05) is 36.4 Å². The number of benzene rings is 1. The number of aryl methyl sites for hydroxylation is 1. The van der Waals surface area contributed by atoms with Crippen LogP contribution < -0.4 is 11.2 Å². The number of H-pyrrole nitrogens is 1. The summed E-state index contributed by atoms with van der Waals surface area (Å²) in [6, 6.07) is 8.16. The van der Waals surface area contributed by atoms with Crippen molar-refractivity contribution in [1.82, 2.24) is 24.5 Å². The zero-order valence-corrected chi connectivity index (χ0v) is 16.4. The molecular weight excluding hydrogens is 390 g/mol. The van der Waals surface area contributed by atoms with Crippen LogP contribution in [0.5, 0.6) is 0 Å². The van der Waals surface area contributed by atoms with Gasteiger partial charge in [0.2, 0.25) is 0 Å². The summed E-state index contributed by atoms with van der Waals surface area (Å²) in [4.78, 5) is 26.9. The molecule has 1 fully saturated rings. The van der Waals surface area contributed by atoms with Crippen LogP contribution in [0.4, 0.5) is 0 Å². The lowest BCUT2D eigenvalue weighted by molar-refractivity contribution is -0.0458. The highest BCUT2D eigenvalue weighted by atomic mass is 16.5. The number of nitrogens with one attached hydrogen (secondary N) is 1. The number of hydrogen-bond acceptors (Lipinski definition) is 7. The van der Waals surface area contributed by atoms with Gasteiger partial charge in [-0.2, -0.15) is 0 Å². The molecule has 1 aliphatic heterocycles. The normalized spacial score (nSPS) is 21.2. The number of aliphatic hydroxyl groups is 2. The van der Waals surface area contributed by atoms with Crippen molar-refractivity contribution < 1.29 is 14.9 Å². The minimum atomic E-state index is -0.901. The highest BCUT2D eigenvalue weighted by Crippen LogP contribution is 2.27. The summed E-state index contributed by atoms with van der Waals surface area (Å²) >= 11 is 0. The van der Waals surface area contributed by atoms with Crippen molar-refractivity contribution in [3.63, 3.8) is 0 Å². The van der Waals surface area contributed by atoms with Crippen molar-refractivity contribution in [3.8, 4) is 11.3 Å². The molecule has 10 heteroatoms. The molecule has 1 aromatic carbocycles. The monoisotopic (exact) mass is 413 g/mol. The molecular formula is C20H23N5O5. The maximum atomic E-state index is 12.4. The smallest absolute Gasteiger partial charge is 0.330 e. The standard InChI is InChI=1S/C20H23N5O5/c1-2-12-3-5-13(6-4-12)8-24-10-15(22-23-24)14-9-25(20(29)21-19(14)28)18-7-16(27)17(11-26)30-18/h3-6,9-10,16-18,26-27H,2,7-8,11H2,1H3,(H,21,28,29)/t16?,17-,18-/m0/s1. The van der Waals surface area contributed by atoms with Crippen molar-refractivity contribution in [1.29, 1.82) is 0 Å². The van der Waals surface area contributed by atoms with Gasteiger partial charge in [0.15, 0.2) is 0 Å². The number of hydrogen-bond donors (Lipinski definition) is 3. The lowest BCUT2D eigenvalue weighted by Gasteiger charge is -2.14. The molecule has 2 aromatic heterocycles. The summed E-state index contributed by atoms with van der Waals surface area (Å²) in [6.45, 7) is 2.22. The fourth-order valence-electron chi connectivity index (χ4n) is 3.50. The number of nitrogens with zero attached hydrogens (tertiary/aromatic N) is 4. The van der Waals surface area contributed by atoms with E-state index in [2.05, 4.69) is 34.4 Å². The summed E-state index contributed by atoms with van der Waals surface area (Å²) in [7, 11) is 0. The largest absolute Gasteiger partial charge is 0.394 e. The summed E-state index contributed by atoms with van der Waals surface area (Å²) in [6.07, 6.45) is 1.59. The van der Waals surface area contributed by atoms with E-state index in [1.54, 1.807) is 10.9 Å². The molecule has 1 aliphatic rings. The Hall–Kier alpha value is -3.08. The molecule has 3 heterocycles. The molecule has 3 N–H and O–H groups in total. The minimum Gasteiger partial charge on any atom is -0.394 e. The molecule has 0 amide bonds. The first-order valence-corrected chi connectivity index (χ1v) is 9.76. The van der Waals surface area contributed by atoms with E-state index in [1.165, 1.54) is 16.3 Å². The first-order chi connectivity index (χ1) is 14.5. The number of aliphatic hydroxyl groups excluding tert-OH is 2. The molecule has 0 bridgehead atoms. The van der Waals surface area contributed by atoms with Gasteiger partial charge in [0.25, 0.3) is 5.56 Å². The predicted molar refractivity (Wildman–Crippen MR) is 107 cm³/mol. The van der Waals surface area contributed by atoms with E-state index in [0.29, 0.717) is 12.2 Å². The van der Waals surface area contributed by atoms with Crippen molar-refractivity contribution in [2.75, 3.05) is 6.61 Å². The average molecular weight is 413 g/mol. The van der Waals surface area contributed by atoms with E-state index in [4.69, 9.17) is 4.74 Å². The molecule has 0 spiro atoms. The Morgan fingerprint density at radius 2 is 1.93 bits per heavy atom. The van der Waals surface area contributed by atoms with Crippen molar-refractivity contribution >= 4 is 0 Å². The molecule has 1 saturated heterocycles. The maximum Gasteiger partial charge on any atom is 0.330 e. The van der Waals surface area contributed by atoms with Crippen LogP contribution in [0.1, 0.15) is 30.7 Å². The molecule has 0 radical (unpaired) electrons. The minimum absolute atomic E-state index is 0.122. The number of aromatic nitrogens is 5. The van der Waals surface area contributed by atoms with Gasteiger partial charge in [0.1, 0.15) is 18.0 Å². The molecule has 1 unspecified atom stereocenters. The number of aromatic amines is 1. The quantitative estimate of drug-likeness (QED) is 0.519. The molecule has 0 saturated carbocycles. The lowest BCUT2D eigenvalue weighted by atomic mass is 10.1. The highest BCUT2D eigenvalue weighted by molar-refractivity contribution is 5.54. The second kappa shape index (κ2) is 8.34. The van der Waals surface area contributed by atoms with Gasteiger partial charge in [0, 0.05) is 12.6 Å². The van der Waals surface area contributed by atoms with Gasteiger partial charge < -0.3 is 14.9 Å². The van der Waals surface area contributed by atoms with E-state index in [9.17, 15) is 19.8 Å². The number of rotatable bonds is 6. The van der Waals surface area contributed by atoms with Crippen molar-refractivity contribution in [2.24, 2.45) is 0 Å². The first-order valence-electron chi connectivity index (χ1n) is 9.76. The molecule has 158 valence electrons. The first kappa shape index (κ1) is 20.2. The summed E-state index contributed by atoms with van der Waals surface area (Å²) in [5.41, 5.74) is 1.51. The summed E-state index contributed by atoms with van der Waals surface area (Å²) < 4.78 is 8.33. The Bertz CT molecular complexity index is 1130. The third-order valence-corrected chi connectivity index (χ3v) is 5.25. The van der Waals surface area contributed by atoms with Crippen LogP contribution in [0.3, 0.4) is 0 Å². The van der Waals surface area contributed by atoms with Crippen LogP contribution in [0.15, 0.2) is 46.2 Å². The predicted octanol–water partition coefficient (Wildman–Crippen LogP) is 0.0465. The Kier molecular flexibility index (Phi) is 5.62. The van der Waals surface area contributed by atoms with E-state index >= 15 is 0 Å². The Morgan fingerprint density at radius 1 is 1.20 bits per heavy atom. The van der Waals surface area contributed by atoms with Gasteiger partial charge in [-0.05, 0) is 17.5 Å². The highest BCUT2D eigenvalue weighted by Gasteiger charge is 2.35.